The highest BCUT2D eigenvalue weighted by molar-refractivity contribution is 7.99. The van der Waals surface area contributed by atoms with Crippen LogP contribution in [-0.2, 0) is 9.47 Å². The van der Waals surface area contributed by atoms with Crippen LogP contribution in [-0.4, -0.2) is 93.7 Å². The van der Waals surface area contributed by atoms with Gasteiger partial charge in [0.1, 0.15) is 32.5 Å². The standard InChI is InChI=1S/C38H44ClF3N2O4SSi/c1-50(2)29-23-25(43-14-7-15-43)9-11-27(29)31(28-12-10-26(24-30(28)50)44-16-8-17-44)32-33(38(45)46)34(40)36(42)37(35(32)41)49-22-21-48-20-19-47-18-6-4-3-5-13-39/h9-12,23-24H,3-8,13-22H2,1-2H3/p+1. The highest BCUT2D eigenvalue weighted by Gasteiger charge is 2.43. The van der Waals surface area contributed by atoms with Crippen LogP contribution in [0, 0.1) is 17.5 Å². The summed E-state index contributed by atoms with van der Waals surface area (Å²) in [5.74, 6) is -5.06. The number of alkyl halides is 1. The van der Waals surface area contributed by atoms with Gasteiger partial charge in [-0.2, -0.15) is 0 Å². The predicted molar refractivity (Wildman–Crippen MR) is 198 cm³/mol. The van der Waals surface area contributed by atoms with Gasteiger partial charge in [0.25, 0.3) is 0 Å². The van der Waals surface area contributed by atoms with Crippen LogP contribution in [0.1, 0.15) is 60.0 Å². The van der Waals surface area contributed by atoms with Crippen molar-refractivity contribution in [2.75, 3.05) is 69.1 Å². The van der Waals surface area contributed by atoms with E-state index in [0.29, 0.717) is 42.4 Å². The van der Waals surface area contributed by atoms with E-state index >= 15 is 13.2 Å². The third-order valence-electron chi connectivity index (χ3n) is 10.1. The van der Waals surface area contributed by atoms with Crippen LogP contribution >= 0.6 is 23.4 Å². The van der Waals surface area contributed by atoms with Crippen LogP contribution in [0.5, 0.6) is 0 Å². The smallest absolute Gasteiger partial charge is 0.339 e. The number of anilines is 1. The summed E-state index contributed by atoms with van der Waals surface area (Å²) in [6, 6.07) is 6.03. The molecule has 2 saturated heterocycles. The lowest BCUT2D eigenvalue weighted by atomic mass is 9.86. The van der Waals surface area contributed by atoms with Gasteiger partial charge in [-0.3, -0.25) is 0 Å². The quantitative estimate of drug-likeness (QED) is 0.0478. The molecule has 0 spiro atoms. The molecule has 0 amide bonds. The lowest BCUT2D eigenvalue weighted by Crippen LogP contribution is -2.50. The van der Waals surface area contributed by atoms with E-state index in [-0.39, 0.29) is 12.4 Å². The van der Waals surface area contributed by atoms with Gasteiger partial charge in [-0.15, -0.1) is 23.4 Å². The first-order chi connectivity index (χ1) is 24.1. The number of unbranched alkanes of at least 4 members (excludes halogenated alkanes) is 3. The number of carboxylic acids is 1. The number of nitrogens with zero attached hydrogens (tertiary/aromatic N) is 2. The van der Waals surface area contributed by atoms with Gasteiger partial charge in [-0.25, -0.2) is 22.5 Å². The summed E-state index contributed by atoms with van der Waals surface area (Å²) in [6.45, 7) is 9.76. The Morgan fingerprint density at radius 3 is 2.36 bits per heavy atom. The predicted octanol–water partition coefficient (Wildman–Crippen LogP) is 7.56. The summed E-state index contributed by atoms with van der Waals surface area (Å²) >= 11 is 6.48. The van der Waals surface area contributed by atoms with Crippen molar-refractivity contribution in [2.45, 2.75) is 56.5 Å². The molecule has 268 valence electrons. The summed E-state index contributed by atoms with van der Waals surface area (Å²) in [4.78, 5) is 14.4. The monoisotopic (exact) mass is 745 g/mol. The minimum absolute atomic E-state index is 0.137. The van der Waals surface area contributed by atoms with Gasteiger partial charge < -0.3 is 19.5 Å². The number of halogens is 4. The Morgan fingerprint density at radius 2 is 1.70 bits per heavy atom. The van der Waals surface area contributed by atoms with Crippen LogP contribution < -0.4 is 10.1 Å². The molecule has 4 aliphatic rings. The van der Waals surface area contributed by atoms with Crippen molar-refractivity contribution < 1.29 is 37.1 Å². The Labute approximate surface area is 302 Å². The third kappa shape index (κ3) is 7.39. The fourth-order valence-corrected chi connectivity index (χ4v) is 11.1. The van der Waals surface area contributed by atoms with Crippen LogP contribution in [0.2, 0.25) is 13.1 Å². The zero-order valence-corrected chi connectivity index (χ0v) is 31.3. The first-order valence-corrected chi connectivity index (χ1v) is 22.1. The fourth-order valence-electron chi connectivity index (χ4n) is 7.01. The number of carbonyl (C=O) groups is 1. The van der Waals surface area contributed by atoms with E-state index in [4.69, 9.17) is 21.1 Å². The number of rotatable bonds is 16. The number of hydrogen-bond acceptors (Lipinski definition) is 5. The van der Waals surface area contributed by atoms with Crippen molar-refractivity contribution in [3.05, 3.63) is 81.3 Å². The molecule has 2 aromatic rings. The lowest BCUT2D eigenvalue weighted by Gasteiger charge is -2.40. The van der Waals surface area contributed by atoms with Crippen molar-refractivity contribution in [2.24, 2.45) is 0 Å². The SMILES string of the molecule is C[Si]1(C)C2=CC(=[N+]3CCC3)C=CC2=C(c2c(F)c(SCCOCCOCCCCCCCl)c(F)c(F)c2C(=O)O)c2ccc(N3CCC3)cc21. The number of thioether (sulfide) groups is 1. The molecule has 50 heavy (non-hydrogen) atoms. The van der Waals surface area contributed by atoms with E-state index in [9.17, 15) is 9.90 Å². The number of benzene rings is 2. The van der Waals surface area contributed by atoms with Gasteiger partial charge in [-0.1, -0.05) is 32.0 Å². The van der Waals surface area contributed by atoms with E-state index in [0.717, 1.165) is 98.2 Å². The van der Waals surface area contributed by atoms with Gasteiger partial charge in [0, 0.05) is 54.7 Å². The van der Waals surface area contributed by atoms with Crippen LogP contribution in [0.25, 0.3) is 5.57 Å². The Hall–Kier alpha value is -2.83. The molecule has 1 N–H and O–H groups in total. The first kappa shape index (κ1) is 36.9. The molecule has 0 atom stereocenters. The second-order valence-electron chi connectivity index (χ2n) is 13.6. The molecule has 6 nitrogen and oxygen atoms in total. The highest BCUT2D eigenvalue weighted by atomic mass is 35.5. The van der Waals surface area contributed by atoms with Gasteiger partial charge in [0.2, 0.25) is 0 Å². The van der Waals surface area contributed by atoms with E-state index < -0.39 is 47.5 Å². The van der Waals surface area contributed by atoms with E-state index in [1.165, 1.54) is 0 Å². The van der Waals surface area contributed by atoms with Gasteiger partial charge in [0.15, 0.2) is 17.3 Å². The summed E-state index contributed by atoms with van der Waals surface area (Å²) in [5.41, 5.74) is 2.34. The van der Waals surface area contributed by atoms with Gasteiger partial charge in [-0.05, 0) is 64.6 Å². The zero-order valence-electron chi connectivity index (χ0n) is 28.8. The molecule has 12 heteroatoms. The van der Waals surface area contributed by atoms with E-state index in [2.05, 4.69) is 34.7 Å². The Kier molecular flexibility index (Phi) is 12.0. The van der Waals surface area contributed by atoms with Crippen molar-refractivity contribution in [3.63, 3.8) is 0 Å². The van der Waals surface area contributed by atoms with E-state index in [1.54, 1.807) is 0 Å². The minimum Gasteiger partial charge on any atom is -0.478 e. The molecule has 0 radical (unpaired) electrons. The number of fused-ring (bicyclic) bond motifs is 2. The maximum atomic E-state index is 16.9. The molecule has 1 aliphatic carbocycles. The average Bonchev–Trinajstić information content (AvgIpc) is 3.04. The number of allylic oxidation sites excluding steroid dienone is 5. The minimum atomic E-state index is -2.44. The Bertz CT molecular complexity index is 1770. The summed E-state index contributed by atoms with van der Waals surface area (Å²) in [7, 11) is -2.44. The molecule has 2 aromatic carbocycles. The van der Waals surface area contributed by atoms with Crippen LogP contribution in [0.4, 0.5) is 18.9 Å². The first-order valence-electron chi connectivity index (χ1n) is 17.6. The molecule has 0 saturated carbocycles. The molecule has 0 bridgehead atoms. The molecular weight excluding hydrogens is 701 g/mol. The highest BCUT2D eigenvalue weighted by Crippen LogP contribution is 2.46. The number of carboxylic acid groups (broad SMARTS) is 1. The maximum absolute atomic E-state index is 16.9. The van der Waals surface area contributed by atoms with Gasteiger partial charge >= 0.3 is 5.97 Å². The van der Waals surface area contributed by atoms with Gasteiger partial charge in [0.05, 0.1) is 31.1 Å². The van der Waals surface area contributed by atoms with Crippen molar-refractivity contribution in [1.29, 1.82) is 0 Å². The molecule has 3 aliphatic heterocycles. The second-order valence-corrected chi connectivity index (χ2v) is 19.5. The summed E-state index contributed by atoms with van der Waals surface area (Å²) < 4.78 is 61.8. The fraction of sp³-hybridized carbons (Fsp3) is 0.474. The zero-order chi connectivity index (χ0) is 35.4. The lowest BCUT2D eigenvalue weighted by molar-refractivity contribution is -0.582. The summed E-state index contributed by atoms with van der Waals surface area (Å²) in [6.07, 6.45) is 12.3. The van der Waals surface area contributed by atoms with Crippen molar-refractivity contribution in [3.8, 4) is 0 Å². The normalized spacial score (nSPS) is 17.7. The molecule has 6 rings (SSSR count). The average molecular weight is 746 g/mol. The van der Waals surface area contributed by atoms with Crippen LogP contribution in [0.15, 0.2) is 52.1 Å². The van der Waals surface area contributed by atoms with Crippen LogP contribution in [0.3, 0.4) is 0 Å². The van der Waals surface area contributed by atoms with Crippen molar-refractivity contribution in [1.82, 2.24) is 0 Å². The third-order valence-corrected chi connectivity index (χ3v) is 14.9. The number of ether oxygens (including phenoxy) is 2. The maximum Gasteiger partial charge on any atom is 0.339 e. The Morgan fingerprint density at radius 1 is 0.960 bits per heavy atom. The Balaban J connectivity index is 1.33. The molecule has 0 aromatic heterocycles. The molecule has 2 fully saturated rings. The van der Waals surface area contributed by atoms with E-state index in [1.807, 2.05) is 24.3 Å². The second kappa shape index (κ2) is 16.2. The molecule has 3 heterocycles. The largest absolute Gasteiger partial charge is 0.478 e. The van der Waals surface area contributed by atoms with Crippen molar-refractivity contribution >= 4 is 59.6 Å². The summed E-state index contributed by atoms with van der Waals surface area (Å²) in [5, 5.41) is 12.3. The topological polar surface area (TPSA) is 62.0 Å². The molecular formula is C38H45ClF3N2O4SSi+. The number of hydrogen-bond donors (Lipinski definition) is 1. The molecule has 0 unspecified atom stereocenters. The number of aromatic carboxylic acids is 1.